The molecule has 0 aliphatic heterocycles. The summed E-state index contributed by atoms with van der Waals surface area (Å²) in [5, 5.41) is 4.56. The Morgan fingerprint density at radius 2 is 2.06 bits per heavy atom. The maximum Gasteiger partial charge on any atom is 0.0624 e. The van der Waals surface area contributed by atoms with Crippen molar-refractivity contribution in [1.29, 1.82) is 0 Å². The van der Waals surface area contributed by atoms with E-state index in [1.165, 1.54) is 11.4 Å². The Bertz CT molecular complexity index is 328. The van der Waals surface area contributed by atoms with E-state index in [0.29, 0.717) is 12.0 Å². The summed E-state index contributed by atoms with van der Waals surface area (Å²) >= 11 is 0. The number of nitrogens with zero attached hydrogens (tertiary/aromatic N) is 2. The lowest BCUT2D eigenvalue weighted by atomic mass is 10.00. The minimum atomic E-state index is 0.320. The van der Waals surface area contributed by atoms with E-state index in [9.17, 15) is 0 Å². The van der Waals surface area contributed by atoms with Gasteiger partial charge in [0.15, 0.2) is 0 Å². The second-order valence-electron chi connectivity index (χ2n) is 5.22. The van der Waals surface area contributed by atoms with Crippen LogP contribution in [-0.4, -0.2) is 15.8 Å². The number of rotatable bonds is 7. The van der Waals surface area contributed by atoms with Gasteiger partial charge < -0.3 is 5.73 Å². The van der Waals surface area contributed by atoms with Gasteiger partial charge in [0.2, 0.25) is 0 Å². The van der Waals surface area contributed by atoms with Crippen molar-refractivity contribution < 1.29 is 0 Å². The van der Waals surface area contributed by atoms with Crippen LogP contribution in [0.5, 0.6) is 0 Å². The first-order valence-electron chi connectivity index (χ1n) is 6.87. The highest BCUT2D eigenvalue weighted by Crippen LogP contribution is 2.12. The van der Waals surface area contributed by atoms with Crippen molar-refractivity contribution in [2.75, 3.05) is 0 Å². The summed E-state index contributed by atoms with van der Waals surface area (Å²) in [6.45, 7) is 9.70. The SMILES string of the molecule is CCc1cc(CCC(N)CC(C)C)n(CC)n1. The van der Waals surface area contributed by atoms with Gasteiger partial charge in [-0.25, -0.2) is 0 Å². The lowest BCUT2D eigenvalue weighted by Crippen LogP contribution is -2.23. The summed E-state index contributed by atoms with van der Waals surface area (Å²) in [6.07, 6.45) is 4.24. The van der Waals surface area contributed by atoms with Crippen LogP contribution >= 0.6 is 0 Å². The fourth-order valence-electron chi connectivity index (χ4n) is 2.22. The Kier molecular flexibility index (Phi) is 5.69. The van der Waals surface area contributed by atoms with Crippen LogP contribution in [0.4, 0.5) is 0 Å². The second-order valence-corrected chi connectivity index (χ2v) is 5.22. The Labute approximate surface area is 105 Å². The molecule has 2 N–H and O–H groups in total. The number of nitrogens with two attached hydrogens (primary N) is 1. The average Bonchev–Trinajstić information content (AvgIpc) is 2.67. The van der Waals surface area contributed by atoms with Gasteiger partial charge in [0.05, 0.1) is 5.69 Å². The average molecular weight is 237 g/mol. The molecule has 0 fully saturated rings. The number of aryl methyl sites for hydroxylation is 3. The van der Waals surface area contributed by atoms with Crippen LogP contribution in [0.2, 0.25) is 0 Å². The van der Waals surface area contributed by atoms with Gasteiger partial charge in [0, 0.05) is 18.3 Å². The topological polar surface area (TPSA) is 43.8 Å². The minimum Gasteiger partial charge on any atom is -0.328 e. The van der Waals surface area contributed by atoms with E-state index in [4.69, 9.17) is 5.73 Å². The molecule has 1 aromatic heterocycles. The molecule has 17 heavy (non-hydrogen) atoms. The van der Waals surface area contributed by atoms with Gasteiger partial charge in [0.1, 0.15) is 0 Å². The van der Waals surface area contributed by atoms with Crippen molar-refractivity contribution in [3.63, 3.8) is 0 Å². The molecule has 1 heterocycles. The molecule has 1 rings (SSSR count). The van der Waals surface area contributed by atoms with E-state index in [-0.39, 0.29) is 0 Å². The molecule has 0 saturated heterocycles. The molecule has 0 aliphatic carbocycles. The highest BCUT2D eigenvalue weighted by Gasteiger charge is 2.09. The second kappa shape index (κ2) is 6.80. The molecule has 0 amide bonds. The summed E-state index contributed by atoms with van der Waals surface area (Å²) in [6, 6.07) is 2.55. The van der Waals surface area contributed by atoms with Crippen molar-refractivity contribution >= 4 is 0 Å². The van der Waals surface area contributed by atoms with Crippen molar-refractivity contribution in [3.05, 3.63) is 17.5 Å². The fourth-order valence-corrected chi connectivity index (χ4v) is 2.22. The number of aromatic nitrogens is 2. The number of hydrogen-bond acceptors (Lipinski definition) is 2. The maximum absolute atomic E-state index is 6.12. The molecule has 1 aromatic rings. The summed E-state index contributed by atoms with van der Waals surface area (Å²) in [5.74, 6) is 0.687. The van der Waals surface area contributed by atoms with Crippen LogP contribution < -0.4 is 5.73 Å². The molecule has 0 saturated carbocycles. The van der Waals surface area contributed by atoms with Crippen LogP contribution in [0.1, 0.15) is 51.9 Å². The van der Waals surface area contributed by atoms with E-state index in [1.54, 1.807) is 0 Å². The van der Waals surface area contributed by atoms with Crippen LogP contribution in [0.3, 0.4) is 0 Å². The van der Waals surface area contributed by atoms with Gasteiger partial charge in [0.25, 0.3) is 0 Å². The molecule has 0 aromatic carbocycles. The maximum atomic E-state index is 6.12. The van der Waals surface area contributed by atoms with E-state index < -0.39 is 0 Å². The van der Waals surface area contributed by atoms with Crippen LogP contribution in [-0.2, 0) is 19.4 Å². The van der Waals surface area contributed by atoms with Crippen molar-refractivity contribution in [2.24, 2.45) is 11.7 Å². The summed E-state index contributed by atoms with van der Waals surface area (Å²) < 4.78 is 2.11. The lowest BCUT2D eigenvalue weighted by molar-refractivity contribution is 0.466. The van der Waals surface area contributed by atoms with E-state index in [2.05, 4.69) is 43.5 Å². The predicted molar refractivity (Wildman–Crippen MR) is 73.0 cm³/mol. The van der Waals surface area contributed by atoms with Gasteiger partial charge in [-0.3, -0.25) is 4.68 Å². The third-order valence-electron chi connectivity index (χ3n) is 3.12. The molecule has 1 unspecified atom stereocenters. The summed E-state index contributed by atoms with van der Waals surface area (Å²) in [4.78, 5) is 0. The van der Waals surface area contributed by atoms with Crippen molar-refractivity contribution in [2.45, 2.75) is 66.0 Å². The first-order chi connectivity index (χ1) is 8.06. The highest BCUT2D eigenvalue weighted by atomic mass is 15.3. The molecule has 0 spiro atoms. The molecule has 0 aliphatic rings. The molecule has 3 heteroatoms. The van der Waals surface area contributed by atoms with E-state index in [0.717, 1.165) is 32.2 Å². The third-order valence-corrected chi connectivity index (χ3v) is 3.12. The van der Waals surface area contributed by atoms with Gasteiger partial charge in [-0.2, -0.15) is 5.10 Å². The van der Waals surface area contributed by atoms with Crippen molar-refractivity contribution in [1.82, 2.24) is 9.78 Å². The molecule has 1 atom stereocenters. The van der Waals surface area contributed by atoms with Crippen LogP contribution in [0, 0.1) is 5.92 Å². The first-order valence-corrected chi connectivity index (χ1v) is 6.87. The Balaban J connectivity index is 2.53. The first kappa shape index (κ1) is 14.2. The minimum absolute atomic E-state index is 0.320. The van der Waals surface area contributed by atoms with Crippen molar-refractivity contribution in [3.8, 4) is 0 Å². The summed E-state index contributed by atoms with van der Waals surface area (Å²) in [7, 11) is 0. The largest absolute Gasteiger partial charge is 0.328 e. The zero-order valence-corrected chi connectivity index (χ0v) is 11.7. The quantitative estimate of drug-likeness (QED) is 0.792. The molecule has 0 radical (unpaired) electrons. The fraction of sp³-hybridized carbons (Fsp3) is 0.786. The Hall–Kier alpha value is -0.830. The smallest absolute Gasteiger partial charge is 0.0624 e. The monoisotopic (exact) mass is 237 g/mol. The Morgan fingerprint density at radius 3 is 2.59 bits per heavy atom. The standard InChI is InChI=1S/C14H27N3/c1-5-13-10-14(17(6-2)16-13)8-7-12(15)9-11(3)4/h10-12H,5-9,15H2,1-4H3. The Morgan fingerprint density at radius 1 is 1.35 bits per heavy atom. The van der Waals surface area contributed by atoms with Gasteiger partial charge in [-0.05, 0) is 44.6 Å². The molecule has 3 nitrogen and oxygen atoms in total. The highest BCUT2D eigenvalue weighted by molar-refractivity contribution is 5.10. The lowest BCUT2D eigenvalue weighted by Gasteiger charge is -2.14. The van der Waals surface area contributed by atoms with E-state index in [1.807, 2.05) is 0 Å². The molecule has 0 bridgehead atoms. The van der Waals surface area contributed by atoms with Crippen LogP contribution in [0.25, 0.3) is 0 Å². The van der Waals surface area contributed by atoms with Gasteiger partial charge in [-0.15, -0.1) is 0 Å². The normalized spacial score (nSPS) is 13.3. The molecular weight excluding hydrogens is 210 g/mol. The zero-order valence-electron chi connectivity index (χ0n) is 11.7. The van der Waals surface area contributed by atoms with E-state index >= 15 is 0 Å². The predicted octanol–water partition coefficient (Wildman–Crippen LogP) is 2.77. The van der Waals surface area contributed by atoms with Gasteiger partial charge in [-0.1, -0.05) is 20.8 Å². The zero-order chi connectivity index (χ0) is 12.8. The molecule has 98 valence electrons. The third kappa shape index (κ3) is 4.50. The molecular formula is C14H27N3. The summed E-state index contributed by atoms with van der Waals surface area (Å²) in [5.41, 5.74) is 8.65. The van der Waals surface area contributed by atoms with Crippen LogP contribution in [0.15, 0.2) is 6.07 Å². The van der Waals surface area contributed by atoms with Gasteiger partial charge >= 0.3 is 0 Å². The number of hydrogen-bond donors (Lipinski definition) is 1.